The van der Waals surface area contributed by atoms with Gasteiger partial charge in [0.15, 0.2) is 4.77 Å². The van der Waals surface area contributed by atoms with Gasteiger partial charge in [0.05, 0.1) is 29.5 Å². The van der Waals surface area contributed by atoms with Crippen LogP contribution < -0.4 is 0 Å². The lowest BCUT2D eigenvalue weighted by Crippen LogP contribution is -2.01. The summed E-state index contributed by atoms with van der Waals surface area (Å²) in [6, 6.07) is 7.82. The van der Waals surface area contributed by atoms with Crippen LogP contribution in [0.5, 0.6) is 0 Å². The molecule has 17 heavy (non-hydrogen) atoms. The van der Waals surface area contributed by atoms with Gasteiger partial charge in [0.2, 0.25) is 0 Å². The molecular weight excluding hydrogens is 232 g/mol. The molecule has 0 fully saturated rings. The summed E-state index contributed by atoms with van der Waals surface area (Å²) in [5, 5.41) is 0. The zero-order chi connectivity index (χ0) is 11.7. The molecule has 0 atom stereocenters. The molecule has 3 aromatic heterocycles. The lowest BCUT2D eigenvalue weighted by Gasteiger charge is -2.03. The maximum absolute atomic E-state index is 5.30. The molecule has 0 aliphatic heterocycles. The smallest absolute Gasteiger partial charge is 0.178 e. The first-order chi connectivity index (χ1) is 8.34. The van der Waals surface area contributed by atoms with Crippen LogP contribution in [0.25, 0.3) is 11.0 Å². The highest BCUT2D eigenvalue weighted by Gasteiger charge is 2.04. The molecule has 3 heterocycles. The number of aromatic amines is 1. The van der Waals surface area contributed by atoms with Gasteiger partial charge >= 0.3 is 0 Å². The van der Waals surface area contributed by atoms with Gasteiger partial charge in [-0.05, 0) is 30.4 Å². The second-order valence-electron chi connectivity index (χ2n) is 3.73. The molecule has 0 bridgehead atoms. The molecule has 3 aromatic rings. The minimum Gasteiger partial charge on any atom is -0.329 e. The van der Waals surface area contributed by atoms with E-state index in [1.54, 1.807) is 18.6 Å². The van der Waals surface area contributed by atoms with Gasteiger partial charge in [0, 0.05) is 12.4 Å². The number of rotatable bonds is 2. The fourth-order valence-corrected chi connectivity index (χ4v) is 2.09. The van der Waals surface area contributed by atoms with Gasteiger partial charge in [-0.3, -0.25) is 9.97 Å². The van der Waals surface area contributed by atoms with Gasteiger partial charge in [-0.15, -0.1) is 0 Å². The highest BCUT2D eigenvalue weighted by molar-refractivity contribution is 7.71. The summed E-state index contributed by atoms with van der Waals surface area (Å²) in [4.78, 5) is 11.5. The van der Waals surface area contributed by atoms with E-state index in [4.69, 9.17) is 12.2 Å². The zero-order valence-electron chi connectivity index (χ0n) is 9.00. The molecule has 0 aliphatic carbocycles. The average molecular weight is 242 g/mol. The quantitative estimate of drug-likeness (QED) is 0.702. The first-order valence-corrected chi connectivity index (χ1v) is 5.68. The third-order valence-corrected chi connectivity index (χ3v) is 2.94. The van der Waals surface area contributed by atoms with Crippen molar-refractivity contribution >= 4 is 23.3 Å². The van der Waals surface area contributed by atoms with Crippen LogP contribution in [0.3, 0.4) is 0 Å². The Labute approximate surface area is 103 Å². The molecule has 4 nitrogen and oxygen atoms in total. The molecule has 0 unspecified atom stereocenters. The van der Waals surface area contributed by atoms with E-state index >= 15 is 0 Å². The molecule has 0 aliphatic rings. The predicted molar refractivity (Wildman–Crippen MR) is 68.3 cm³/mol. The largest absolute Gasteiger partial charge is 0.329 e. The van der Waals surface area contributed by atoms with Crippen molar-refractivity contribution in [3.63, 3.8) is 0 Å². The number of nitrogens with one attached hydrogen (secondary N) is 1. The fourth-order valence-electron chi connectivity index (χ4n) is 1.82. The maximum atomic E-state index is 5.30. The monoisotopic (exact) mass is 242 g/mol. The number of aromatic nitrogens is 4. The zero-order valence-corrected chi connectivity index (χ0v) is 9.81. The molecule has 0 amide bonds. The van der Waals surface area contributed by atoms with Crippen molar-refractivity contribution in [3.8, 4) is 0 Å². The summed E-state index contributed by atoms with van der Waals surface area (Å²) in [7, 11) is 0. The van der Waals surface area contributed by atoms with Crippen molar-refractivity contribution in [1.29, 1.82) is 0 Å². The minimum atomic E-state index is 0.670. The van der Waals surface area contributed by atoms with Crippen LogP contribution in [0.4, 0.5) is 0 Å². The Morgan fingerprint density at radius 3 is 3.00 bits per heavy atom. The van der Waals surface area contributed by atoms with Crippen LogP contribution in [0.2, 0.25) is 0 Å². The lowest BCUT2D eigenvalue weighted by molar-refractivity contribution is 0.785. The number of H-pyrrole nitrogens is 1. The third-order valence-electron chi connectivity index (χ3n) is 2.62. The lowest BCUT2D eigenvalue weighted by atomic mass is 10.3. The van der Waals surface area contributed by atoms with E-state index in [2.05, 4.69) is 15.0 Å². The van der Waals surface area contributed by atoms with Gasteiger partial charge in [-0.1, -0.05) is 6.07 Å². The Morgan fingerprint density at radius 2 is 2.18 bits per heavy atom. The van der Waals surface area contributed by atoms with Gasteiger partial charge in [-0.2, -0.15) is 0 Å². The summed E-state index contributed by atoms with van der Waals surface area (Å²) >= 11 is 5.30. The van der Waals surface area contributed by atoms with Crippen molar-refractivity contribution in [2.45, 2.75) is 6.54 Å². The fraction of sp³-hybridized carbons (Fsp3) is 0.0833. The third kappa shape index (κ3) is 1.85. The average Bonchev–Trinajstić information content (AvgIpc) is 2.68. The Kier molecular flexibility index (Phi) is 2.45. The van der Waals surface area contributed by atoms with Gasteiger partial charge in [0.1, 0.15) is 0 Å². The number of hydrogen-bond donors (Lipinski definition) is 1. The van der Waals surface area contributed by atoms with Crippen LogP contribution in [-0.4, -0.2) is 19.5 Å². The summed E-state index contributed by atoms with van der Waals surface area (Å²) in [6.07, 6.45) is 5.33. The standard InChI is InChI=1S/C12H10N4S/c17-12-15-10-7-13-6-4-11(10)16(12)8-9-3-1-2-5-14-9/h1-7H,8H2,(H,15,17). The van der Waals surface area contributed by atoms with Crippen LogP contribution >= 0.6 is 12.2 Å². The SMILES string of the molecule is S=c1[nH]c2cnccc2n1Cc1ccccn1. The summed E-state index contributed by atoms with van der Waals surface area (Å²) in [5.41, 5.74) is 2.99. The number of hydrogen-bond acceptors (Lipinski definition) is 3. The van der Waals surface area contributed by atoms with Crippen LogP contribution in [0.1, 0.15) is 5.69 Å². The Balaban J connectivity index is 2.12. The molecule has 0 saturated heterocycles. The molecule has 0 saturated carbocycles. The second kappa shape index (κ2) is 4.10. The Hall–Kier alpha value is -2.01. The molecule has 0 spiro atoms. The second-order valence-corrected chi connectivity index (χ2v) is 4.12. The van der Waals surface area contributed by atoms with Crippen molar-refractivity contribution in [1.82, 2.24) is 19.5 Å². The summed E-state index contributed by atoms with van der Waals surface area (Å²) in [6.45, 7) is 0.670. The van der Waals surface area contributed by atoms with E-state index in [0.717, 1.165) is 16.7 Å². The molecule has 0 radical (unpaired) electrons. The molecule has 5 heteroatoms. The Morgan fingerprint density at radius 1 is 1.24 bits per heavy atom. The van der Waals surface area contributed by atoms with Gasteiger partial charge in [0.25, 0.3) is 0 Å². The van der Waals surface area contributed by atoms with Crippen LogP contribution in [0.15, 0.2) is 42.9 Å². The summed E-state index contributed by atoms with van der Waals surface area (Å²) in [5.74, 6) is 0. The number of imidazole rings is 1. The van der Waals surface area contributed by atoms with Gasteiger partial charge in [-0.25, -0.2) is 0 Å². The van der Waals surface area contributed by atoms with Crippen LogP contribution in [-0.2, 0) is 6.54 Å². The van der Waals surface area contributed by atoms with E-state index in [1.165, 1.54) is 0 Å². The van der Waals surface area contributed by atoms with Crippen molar-refractivity contribution in [3.05, 3.63) is 53.3 Å². The highest BCUT2D eigenvalue weighted by Crippen LogP contribution is 2.13. The van der Waals surface area contributed by atoms with Crippen molar-refractivity contribution < 1.29 is 0 Å². The maximum Gasteiger partial charge on any atom is 0.178 e. The predicted octanol–water partition coefficient (Wildman–Crippen LogP) is 2.54. The van der Waals surface area contributed by atoms with E-state index in [-0.39, 0.29) is 0 Å². The molecule has 84 valence electrons. The molecule has 0 aromatic carbocycles. The minimum absolute atomic E-state index is 0.670. The number of nitrogens with zero attached hydrogens (tertiary/aromatic N) is 3. The van der Waals surface area contributed by atoms with Crippen LogP contribution in [0, 0.1) is 4.77 Å². The summed E-state index contributed by atoms with van der Waals surface area (Å²) < 4.78 is 2.72. The van der Waals surface area contributed by atoms with E-state index in [1.807, 2.05) is 28.8 Å². The van der Waals surface area contributed by atoms with Crippen molar-refractivity contribution in [2.75, 3.05) is 0 Å². The topological polar surface area (TPSA) is 46.5 Å². The van der Waals surface area contributed by atoms with Gasteiger partial charge < -0.3 is 9.55 Å². The van der Waals surface area contributed by atoms with E-state index in [0.29, 0.717) is 11.3 Å². The number of pyridine rings is 2. The molecular formula is C12H10N4S. The molecule has 3 rings (SSSR count). The van der Waals surface area contributed by atoms with Crippen molar-refractivity contribution in [2.24, 2.45) is 0 Å². The van der Waals surface area contributed by atoms with E-state index in [9.17, 15) is 0 Å². The van der Waals surface area contributed by atoms with E-state index < -0.39 is 0 Å². The number of fused-ring (bicyclic) bond motifs is 1. The normalized spacial score (nSPS) is 10.8. The first-order valence-electron chi connectivity index (χ1n) is 5.27. The molecule has 1 N–H and O–H groups in total. The first kappa shape index (κ1) is 10.2. The Bertz CT molecular complexity index is 699. The highest BCUT2D eigenvalue weighted by atomic mass is 32.1.